The largest absolute Gasteiger partial charge is 0.480 e. The molecule has 2 aromatic rings. The normalized spacial score (nSPS) is 27.2. The number of alkyl halides is 3. The van der Waals surface area contributed by atoms with Gasteiger partial charge in [-0.2, -0.15) is 13.2 Å². The number of carbonyl (C=O) groups is 1. The zero-order valence-corrected chi connectivity index (χ0v) is 17.5. The SMILES string of the molecule is CCc1ccc(C2(O)CC(c3cc(Cl)cc(Cl)c3)(C(F)(F)F)SC2C(=O)O)cc1. The Bertz CT molecular complexity index is 915. The van der Waals surface area contributed by atoms with E-state index in [0.29, 0.717) is 6.42 Å². The second-order valence-electron chi connectivity index (χ2n) is 6.97. The van der Waals surface area contributed by atoms with Crippen LogP contribution < -0.4 is 0 Å². The quantitative estimate of drug-likeness (QED) is 0.600. The third-order valence-electron chi connectivity index (χ3n) is 5.14. The molecule has 1 aliphatic rings. The van der Waals surface area contributed by atoms with Gasteiger partial charge in [0.1, 0.15) is 15.6 Å². The number of hydrogen-bond acceptors (Lipinski definition) is 3. The first-order valence-electron chi connectivity index (χ1n) is 8.68. The Hall–Kier alpha value is -1.41. The highest BCUT2D eigenvalue weighted by molar-refractivity contribution is 8.02. The molecule has 3 rings (SSSR count). The van der Waals surface area contributed by atoms with Crippen LogP contribution in [0.15, 0.2) is 42.5 Å². The van der Waals surface area contributed by atoms with Crippen LogP contribution in [0, 0.1) is 0 Å². The summed E-state index contributed by atoms with van der Waals surface area (Å²) in [7, 11) is 0. The fourth-order valence-corrected chi connectivity index (χ4v) is 5.77. The van der Waals surface area contributed by atoms with E-state index in [1.165, 1.54) is 18.2 Å². The number of carboxylic acid groups (broad SMARTS) is 1. The first-order chi connectivity index (χ1) is 13.4. The van der Waals surface area contributed by atoms with E-state index in [0.717, 1.165) is 17.7 Å². The molecule has 0 aliphatic carbocycles. The Morgan fingerprint density at radius 3 is 2.14 bits per heavy atom. The van der Waals surface area contributed by atoms with E-state index < -0.39 is 34.2 Å². The summed E-state index contributed by atoms with van der Waals surface area (Å²) in [6, 6.07) is 9.80. The summed E-state index contributed by atoms with van der Waals surface area (Å²) in [5.74, 6) is -1.53. The molecule has 1 fully saturated rings. The van der Waals surface area contributed by atoms with Gasteiger partial charge in [-0.1, -0.05) is 54.4 Å². The number of aliphatic carboxylic acids is 1. The molecular formula is C20H17Cl2F3O3S. The zero-order valence-electron chi connectivity index (χ0n) is 15.1. The maximum Gasteiger partial charge on any atom is 0.407 e. The van der Waals surface area contributed by atoms with Gasteiger partial charge in [-0.3, -0.25) is 4.79 Å². The van der Waals surface area contributed by atoms with Gasteiger partial charge in [-0.25, -0.2) is 0 Å². The summed E-state index contributed by atoms with van der Waals surface area (Å²) < 4.78 is 40.4. The lowest BCUT2D eigenvalue weighted by atomic mass is 9.79. The fourth-order valence-electron chi connectivity index (χ4n) is 3.64. The van der Waals surface area contributed by atoms with Crippen molar-refractivity contribution in [2.75, 3.05) is 0 Å². The van der Waals surface area contributed by atoms with Crippen LogP contribution in [0.2, 0.25) is 10.0 Å². The van der Waals surface area contributed by atoms with E-state index in [9.17, 15) is 28.2 Å². The van der Waals surface area contributed by atoms with Crippen molar-refractivity contribution in [1.29, 1.82) is 0 Å². The summed E-state index contributed by atoms with van der Waals surface area (Å²) in [4.78, 5) is 11.9. The molecular weight excluding hydrogens is 448 g/mol. The molecule has 1 saturated heterocycles. The second-order valence-corrected chi connectivity index (χ2v) is 9.25. The predicted octanol–water partition coefficient (Wildman–Crippen LogP) is 5.79. The van der Waals surface area contributed by atoms with Crippen molar-refractivity contribution < 1.29 is 28.2 Å². The first kappa shape index (κ1) is 22.3. The summed E-state index contributed by atoms with van der Waals surface area (Å²) >= 11 is 12.0. The number of hydrogen-bond donors (Lipinski definition) is 2. The molecule has 1 heterocycles. The summed E-state index contributed by atoms with van der Waals surface area (Å²) in [5, 5.41) is 19.2. The molecule has 0 radical (unpaired) electrons. The molecule has 9 heteroatoms. The van der Waals surface area contributed by atoms with Crippen LogP contribution in [0.3, 0.4) is 0 Å². The monoisotopic (exact) mass is 464 g/mol. The molecule has 3 atom stereocenters. The predicted molar refractivity (Wildman–Crippen MR) is 108 cm³/mol. The lowest BCUT2D eigenvalue weighted by Gasteiger charge is -2.33. The van der Waals surface area contributed by atoms with Crippen molar-refractivity contribution in [1.82, 2.24) is 0 Å². The molecule has 0 amide bonds. The van der Waals surface area contributed by atoms with Crippen LogP contribution in [0.25, 0.3) is 0 Å². The number of thioether (sulfide) groups is 1. The molecule has 3 unspecified atom stereocenters. The lowest BCUT2D eigenvalue weighted by Crippen LogP contribution is -2.41. The highest BCUT2D eigenvalue weighted by Gasteiger charge is 2.69. The first-order valence-corrected chi connectivity index (χ1v) is 10.3. The van der Waals surface area contributed by atoms with E-state index in [1.54, 1.807) is 12.1 Å². The summed E-state index contributed by atoms with van der Waals surface area (Å²) in [6.45, 7) is 1.91. The van der Waals surface area contributed by atoms with E-state index in [4.69, 9.17) is 23.2 Å². The number of aliphatic hydroxyl groups is 1. The maximum atomic E-state index is 14.4. The van der Waals surface area contributed by atoms with Crippen LogP contribution in [0.4, 0.5) is 13.2 Å². The molecule has 2 aromatic carbocycles. The number of benzene rings is 2. The maximum absolute atomic E-state index is 14.4. The van der Waals surface area contributed by atoms with Crippen LogP contribution in [-0.2, 0) is 21.6 Å². The molecule has 3 nitrogen and oxygen atoms in total. The highest BCUT2D eigenvalue weighted by Crippen LogP contribution is 2.65. The van der Waals surface area contributed by atoms with Crippen molar-refractivity contribution >= 4 is 40.9 Å². The van der Waals surface area contributed by atoms with Gasteiger partial charge in [0.25, 0.3) is 0 Å². The standard InChI is InChI=1S/C20H17Cl2F3O3S/c1-2-11-3-5-12(6-4-11)18(28)10-19(20(23,24)25,29-16(18)17(26)27)13-7-14(21)9-15(22)8-13/h3-9,16,28H,2,10H2,1H3,(H,26,27). The van der Waals surface area contributed by atoms with Gasteiger partial charge >= 0.3 is 12.1 Å². The smallest absolute Gasteiger partial charge is 0.407 e. The van der Waals surface area contributed by atoms with Crippen LogP contribution in [0.5, 0.6) is 0 Å². The van der Waals surface area contributed by atoms with E-state index >= 15 is 0 Å². The van der Waals surface area contributed by atoms with E-state index in [2.05, 4.69) is 0 Å². The van der Waals surface area contributed by atoms with Gasteiger partial charge in [-0.15, -0.1) is 11.8 Å². The number of halogens is 5. The van der Waals surface area contributed by atoms with Crippen molar-refractivity contribution in [3.63, 3.8) is 0 Å². The minimum Gasteiger partial charge on any atom is -0.480 e. The van der Waals surface area contributed by atoms with Gasteiger partial charge < -0.3 is 10.2 Å². The number of carboxylic acids is 1. The van der Waals surface area contributed by atoms with Crippen molar-refractivity contribution in [3.05, 3.63) is 69.2 Å². The molecule has 29 heavy (non-hydrogen) atoms. The van der Waals surface area contributed by atoms with E-state index in [1.807, 2.05) is 6.92 Å². The second kappa shape index (κ2) is 7.69. The minimum atomic E-state index is -4.87. The molecule has 0 aromatic heterocycles. The van der Waals surface area contributed by atoms with Crippen molar-refractivity contribution in [2.45, 2.75) is 41.5 Å². The minimum absolute atomic E-state index is 0.00802. The van der Waals surface area contributed by atoms with Gasteiger partial charge in [0.05, 0.1) is 0 Å². The van der Waals surface area contributed by atoms with Crippen LogP contribution in [0.1, 0.15) is 30.0 Å². The average Bonchev–Trinajstić information content (AvgIpc) is 2.97. The zero-order chi connectivity index (χ0) is 21.6. The van der Waals surface area contributed by atoms with Gasteiger partial charge in [0.2, 0.25) is 0 Å². The summed E-state index contributed by atoms with van der Waals surface area (Å²) in [6.07, 6.45) is -5.05. The topological polar surface area (TPSA) is 57.5 Å². The van der Waals surface area contributed by atoms with Gasteiger partial charge in [0, 0.05) is 16.5 Å². The fraction of sp³-hybridized carbons (Fsp3) is 0.350. The molecule has 0 spiro atoms. The average molecular weight is 465 g/mol. The number of rotatable bonds is 4. The highest BCUT2D eigenvalue weighted by atomic mass is 35.5. The molecule has 1 aliphatic heterocycles. The Labute approximate surface area is 179 Å². The number of aryl methyl sites for hydroxylation is 1. The van der Waals surface area contributed by atoms with Gasteiger partial charge in [0.15, 0.2) is 0 Å². The van der Waals surface area contributed by atoms with Gasteiger partial charge in [-0.05, 0) is 41.3 Å². The Kier molecular flexibility index (Phi) is 5.91. The van der Waals surface area contributed by atoms with Crippen LogP contribution >= 0.6 is 35.0 Å². The molecule has 0 bridgehead atoms. The van der Waals surface area contributed by atoms with Crippen molar-refractivity contribution in [2.24, 2.45) is 0 Å². The summed E-state index contributed by atoms with van der Waals surface area (Å²) in [5.41, 5.74) is -1.50. The Balaban J connectivity index is 2.20. The van der Waals surface area contributed by atoms with E-state index in [-0.39, 0.29) is 32.9 Å². The third-order valence-corrected chi connectivity index (χ3v) is 7.42. The molecule has 0 saturated carbocycles. The molecule has 2 N–H and O–H groups in total. The third kappa shape index (κ3) is 3.85. The van der Waals surface area contributed by atoms with Crippen LogP contribution in [-0.4, -0.2) is 27.6 Å². The Morgan fingerprint density at radius 1 is 1.14 bits per heavy atom. The Morgan fingerprint density at radius 2 is 1.69 bits per heavy atom. The van der Waals surface area contributed by atoms with Crippen molar-refractivity contribution in [3.8, 4) is 0 Å². The molecule has 156 valence electrons. The lowest BCUT2D eigenvalue weighted by molar-refractivity contribution is -0.173.